The highest BCUT2D eigenvalue weighted by Crippen LogP contribution is 2.05. The Labute approximate surface area is 192 Å². The Morgan fingerprint density at radius 3 is 1.91 bits per heavy atom. The molecule has 5 N–H and O–H groups in total. The number of carbonyl (C=O) groups excluding carboxylic acids is 3. The Morgan fingerprint density at radius 1 is 0.750 bits per heavy atom. The van der Waals surface area contributed by atoms with E-state index in [1.807, 2.05) is 6.92 Å². The number of carbonyl (C=O) groups is 4. The lowest BCUT2D eigenvalue weighted by atomic mass is 10.1. The van der Waals surface area contributed by atoms with Crippen LogP contribution in [0.5, 0.6) is 0 Å². The van der Waals surface area contributed by atoms with Gasteiger partial charge in [0.05, 0.1) is 6.54 Å². The van der Waals surface area contributed by atoms with E-state index < -0.39 is 5.97 Å². The summed E-state index contributed by atoms with van der Waals surface area (Å²) in [5.41, 5.74) is 5.47. The molecule has 0 unspecified atom stereocenters. The van der Waals surface area contributed by atoms with Crippen molar-refractivity contribution >= 4 is 23.7 Å². The lowest BCUT2D eigenvalue weighted by molar-refractivity contribution is -0.137. The van der Waals surface area contributed by atoms with Gasteiger partial charge < -0.3 is 26.4 Å². The normalized spacial score (nSPS) is 10.6. The van der Waals surface area contributed by atoms with E-state index in [1.54, 1.807) is 4.90 Å². The van der Waals surface area contributed by atoms with Gasteiger partial charge >= 0.3 is 5.97 Å². The van der Waals surface area contributed by atoms with E-state index in [1.165, 1.54) is 0 Å². The zero-order valence-electron chi connectivity index (χ0n) is 19.8. The Balaban J connectivity index is 3.79. The van der Waals surface area contributed by atoms with Crippen LogP contribution in [0, 0.1) is 0 Å². The van der Waals surface area contributed by atoms with Crippen LogP contribution < -0.4 is 16.4 Å². The largest absolute Gasteiger partial charge is 0.481 e. The summed E-state index contributed by atoms with van der Waals surface area (Å²) in [5, 5.41) is 14.3. The molecule has 9 heteroatoms. The van der Waals surface area contributed by atoms with E-state index in [0.29, 0.717) is 45.4 Å². The molecule has 0 bridgehead atoms. The number of nitrogens with one attached hydrogen (secondary N) is 2. The summed E-state index contributed by atoms with van der Waals surface area (Å²) in [4.78, 5) is 48.3. The number of rotatable bonds is 21. The molecule has 186 valence electrons. The van der Waals surface area contributed by atoms with Crippen molar-refractivity contribution < 1.29 is 24.3 Å². The highest BCUT2D eigenvalue weighted by Gasteiger charge is 2.15. The smallest absolute Gasteiger partial charge is 0.303 e. The summed E-state index contributed by atoms with van der Waals surface area (Å²) in [7, 11) is 0. The average molecular weight is 457 g/mol. The Bertz CT molecular complexity index is 542. The maximum atomic E-state index is 12.3. The first-order chi connectivity index (χ1) is 15.4. The van der Waals surface area contributed by atoms with Gasteiger partial charge in [-0.3, -0.25) is 19.2 Å². The third kappa shape index (κ3) is 18.6. The van der Waals surface area contributed by atoms with Crippen LogP contribution in [-0.4, -0.2) is 66.4 Å². The monoisotopic (exact) mass is 456 g/mol. The molecule has 0 fully saturated rings. The summed E-state index contributed by atoms with van der Waals surface area (Å²) in [6, 6.07) is 0. The van der Waals surface area contributed by atoms with Gasteiger partial charge in [-0.25, -0.2) is 0 Å². The van der Waals surface area contributed by atoms with Crippen molar-refractivity contribution in [1.82, 2.24) is 15.5 Å². The number of hydrogen-bond acceptors (Lipinski definition) is 5. The fourth-order valence-electron chi connectivity index (χ4n) is 3.26. The third-order valence-electron chi connectivity index (χ3n) is 5.07. The molecule has 0 heterocycles. The highest BCUT2D eigenvalue weighted by molar-refractivity contribution is 5.84. The van der Waals surface area contributed by atoms with Crippen molar-refractivity contribution in [3.05, 3.63) is 0 Å². The van der Waals surface area contributed by atoms with Crippen LogP contribution in [0.4, 0.5) is 0 Å². The van der Waals surface area contributed by atoms with E-state index >= 15 is 0 Å². The van der Waals surface area contributed by atoms with Crippen LogP contribution in [0.3, 0.4) is 0 Å². The second-order valence-electron chi connectivity index (χ2n) is 8.13. The van der Waals surface area contributed by atoms with E-state index in [4.69, 9.17) is 10.8 Å². The standard InChI is InChI=1S/C23H44N4O5/c1-2-18-27(22(30)13-7-3-9-15-24)19-21(29)26-17-10-4-6-12-20(28)25-16-11-5-8-14-23(31)32/h2-19,24H2,1H3,(H,25,28)(H,26,29)(H,31,32). The number of nitrogens with zero attached hydrogens (tertiary/aromatic N) is 1. The fourth-order valence-corrected chi connectivity index (χ4v) is 3.26. The minimum absolute atomic E-state index is 0.00690. The van der Waals surface area contributed by atoms with E-state index in [2.05, 4.69) is 10.6 Å². The fraction of sp³-hybridized carbons (Fsp3) is 0.826. The first-order valence-electron chi connectivity index (χ1n) is 12.1. The molecule has 0 atom stereocenters. The molecule has 0 saturated heterocycles. The minimum Gasteiger partial charge on any atom is -0.481 e. The second kappa shape index (κ2) is 20.7. The molecule has 0 spiro atoms. The topological polar surface area (TPSA) is 142 Å². The van der Waals surface area contributed by atoms with Crippen LogP contribution in [0.25, 0.3) is 0 Å². The van der Waals surface area contributed by atoms with Crippen LogP contribution >= 0.6 is 0 Å². The van der Waals surface area contributed by atoms with Crippen LogP contribution in [-0.2, 0) is 19.2 Å². The first kappa shape index (κ1) is 29.8. The zero-order chi connectivity index (χ0) is 24.0. The molecule has 0 radical (unpaired) electrons. The molecule has 0 aliphatic rings. The molecule has 0 aliphatic carbocycles. The number of nitrogens with two attached hydrogens (primary N) is 1. The summed E-state index contributed by atoms with van der Waals surface area (Å²) in [6.45, 7) is 4.41. The van der Waals surface area contributed by atoms with Crippen LogP contribution in [0.2, 0.25) is 0 Å². The lowest BCUT2D eigenvalue weighted by Gasteiger charge is -2.21. The van der Waals surface area contributed by atoms with Crippen molar-refractivity contribution in [1.29, 1.82) is 0 Å². The van der Waals surface area contributed by atoms with Crippen LogP contribution in [0.15, 0.2) is 0 Å². The quantitative estimate of drug-likeness (QED) is 0.195. The van der Waals surface area contributed by atoms with Gasteiger partial charge in [0.25, 0.3) is 0 Å². The maximum absolute atomic E-state index is 12.3. The summed E-state index contributed by atoms with van der Waals surface area (Å²) in [6.07, 6.45) is 9.13. The van der Waals surface area contributed by atoms with Gasteiger partial charge in [0.15, 0.2) is 0 Å². The second-order valence-corrected chi connectivity index (χ2v) is 8.13. The number of hydrogen-bond donors (Lipinski definition) is 4. The van der Waals surface area contributed by atoms with Gasteiger partial charge in [0.1, 0.15) is 0 Å². The lowest BCUT2D eigenvalue weighted by Crippen LogP contribution is -2.41. The molecule has 0 aromatic rings. The van der Waals surface area contributed by atoms with E-state index in [-0.39, 0.29) is 30.7 Å². The SMILES string of the molecule is CCCN(CC(=O)NCCCCCC(=O)NCCCCCC(=O)O)C(=O)CCCCCN. The Morgan fingerprint density at radius 2 is 1.31 bits per heavy atom. The molecular formula is C23H44N4O5. The number of carboxylic acids is 1. The number of aliphatic carboxylic acids is 1. The summed E-state index contributed by atoms with van der Waals surface area (Å²) >= 11 is 0. The molecule has 0 aromatic heterocycles. The predicted molar refractivity (Wildman–Crippen MR) is 125 cm³/mol. The minimum atomic E-state index is -0.786. The number of carboxylic acid groups (broad SMARTS) is 1. The predicted octanol–water partition coefficient (Wildman–Crippen LogP) is 2.18. The summed E-state index contributed by atoms with van der Waals surface area (Å²) in [5.74, 6) is -0.903. The van der Waals surface area contributed by atoms with Gasteiger partial charge in [-0.2, -0.15) is 0 Å². The number of unbranched alkanes of at least 4 members (excludes halogenated alkanes) is 6. The molecule has 32 heavy (non-hydrogen) atoms. The van der Waals surface area contributed by atoms with Crippen molar-refractivity contribution in [3.63, 3.8) is 0 Å². The summed E-state index contributed by atoms with van der Waals surface area (Å²) < 4.78 is 0. The molecule has 0 aromatic carbocycles. The van der Waals surface area contributed by atoms with Crippen molar-refractivity contribution in [3.8, 4) is 0 Å². The Hall–Kier alpha value is -2.16. The zero-order valence-corrected chi connectivity index (χ0v) is 19.8. The molecular weight excluding hydrogens is 412 g/mol. The maximum Gasteiger partial charge on any atom is 0.303 e. The Kier molecular flexibility index (Phi) is 19.3. The van der Waals surface area contributed by atoms with E-state index in [0.717, 1.165) is 57.8 Å². The van der Waals surface area contributed by atoms with Gasteiger partial charge in [0.2, 0.25) is 17.7 Å². The molecule has 0 aliphatic heterocycles. The van der Waals surface area contributed by atoms with Gasteiger partial charge in [-0.05, 0) is 51.5 Å². The van der Waals surface area contributed by atoms with Crippen LogP contribution in [0.1, 0.15) is 90.4 Å². The van der Waals surface area contributed by atoms with Gasteiger partial charge in [-0.1, -0.05) is 26.2 Å². The van der Waals surface area contributed by atoms with Crippen molar-refractivity contribution in [2.45, 2.75) is 90.4 Å². The highest BCUT2D eigenvalue weighted by atomic mass is 16.4. The molecule has 3 amide bonds. The molecule has 0 rings (SSSR count). The molecule has 9 nitrogen and oxygen atoms in total. The average Bonchev–Trinajstić information content (AvgIpc) is 2.75. The van der Waals surface area contributed by atoms with Crippen molar-refractivity contribution in [2.24, 2.45) is 5.73 Å². The first-order valence-corrected chi connectivity index (χ1v) is 12.1. The van der Waals surface area contributed by atoms with E-state index in [9.17, 15) is 19.2 Å². The van der Waals surface area contributed by atoms with Gasteiger partial charge in [0, 0.05) is 38.9 Å². The van der Waals surface area contributed by atoms with Gasteiger partial charge in [-0.15, -0.1) is 0 Å². The number of amides is 3. The third-order valence-corrected chi connectivity index (χ3v) is 5.07. The molecule has 0 saturated carbocycles. The van der Waals surface area contributed by atoms with Crippen molar-refractivity contribution in [2.75, 3.05) is 32.7 Å².